The third kappa shape index (κ3) is 2.77. The fourth-order valence-corrected chi connectivity index (χ4v) is 2.51. The molecule has 0 saturated carbocycles. The second-order valence-electron chi connectivity index (χ2n) is 5.39. The minimum Gasteiger partial charge on any atom is -0.366 e. The lowest BCUT2D eigenvalue weighted by Crippen LogP contribution is -2.15. The monoisotopic (exact) mass is 317 g/mol. The molecule has 0 spiro atoms. The van der Waals surface area contributed by atoms with E-state index in [1.807, 2.05) is 47.3 Å². The number of nitrogens with zero attached hydrogens (tertiary/aromatic N) is 4. The lowest BCUT2D eigenvalue weighted by atomic mass is 10.3. The first-order valence-electron chi connectivity index (χ1n) is 7.61. The number of hydrogen-bond donors (Lipinski definition) is 1. The van der Waals surface area contributed by atoms with E-state index >= 15 is 0 Å². The molecule has 0 aliphatic carbocycles. The number of anilines is 1. The highest BCUT2D eigenvalue weighted by molar-refractivity contribution is 5.46. The summed E-state index contributed by atoms with van der Waals surface area (Å²) in [5.74, 6) is 0.554. The summed E-state index contributed by atoms with van der Waals surface area (Å²) in [6.45, 7) is 0.544. The molecule has 6 heteroatoms. The number of aromatic nitrogens is 4. The van der Waals surface area contributed by atoms with Crippen molar-refractivity contribution < 1.29 is 0 Å². The standard InChI is InChI=1S/C18H15N5O/c24-18-10-16(21-17-8-4-5-9-22(17)18)19-11-14-12-20-23(13-14)15-6-2-1-3-7-15/h1-10,12-13,19H,11H2. The molecule has 4 aromatic rings. The zero-order chi connectivity index (χ0) is 16.4. The maximum absolute atomic E-state index is 12.1. The molecule has 0 amide bonds. The van der Waals surface area contributed by atoms with Crippen molar-refractivity contribution >= 4 is 11.5 Å². The molecule has 1 N–H and O–H groups in total. The molecule has 0 aliphatic heterocycles. The molecular formula is C18H15N5O. The highest BCUT2D eigenvalue weighted by Crippen LogP contribution is 2.10. The summed E-state index contributed by atoms with van der Waals surface area (Å²) in [6.07, 6.45) is 5.46. The Morgan fingerprint density at radius 3 is 2.75 bits per heavy atom. The van der Waals surface area contributed by atoms with Gasteiger partial charge in [0, 0.05) is 30.6 Å². The number of para-hydroxylation sites is 1. The van der Waals surface area contributed by atoms with Crippen LogP contribution in [0, 0.1) is 0 Å². The molecule has 0 unspecified atom stereocenters. The zero-order valence-electron chi connectivity index (χ0n) is 12.8. The molecule has 4 rings (SSSR count). The maximum Gasteiger partial charge on any atom is 0.259 e. The van der Waals surface area contributed by atoms with Gasteiger partial charge in [0.2, 0.25) is 0 Å². The second-order valence-corrected chi connectivity index (χ2v) is 5.39. The smallest absolute Gasteiger partial charge is 0.259 e. The van der Waals surface area contributed by atoms with Gasteiger partial charge in [0.25, 0.3) is 5.56 Å². The number of fused-ring (bicyclic) bond motifs is 1. The van der Waals surface area contributed by atoms with Crippen LogP contribution in [0.25, 0.3) is 11.3 Å². The van der Waals surface area contributed by atoms with Crippen molar-refractivity contribution in [2.45, 2.75) is 6.54 Å². The topological polar surface area (TPSA) is 64.2 Å². The van der Waals surface area contributed by atoms with Crippen LogP contribution in [0.5, 0.6) is 0 Å². The molecule has 3 aromatic heterocycles. The predicted octanol–water partition coefficient (Wildman–Crippen LogP) is 2.49. The van der Waals surface area contributed by atoms with Gasteiger partial charge in [0.05, 0.1) is 11.9 Å². The predicted molar refractivity (Wildman–Crippen MR) is 92.4 cm³/mol. The summed E-state index contributed by atoms with van der Waals surface area (Å²) in [4.78, 5) is 16.5. The van der Waals surface area contributed by atoms with Crippen LogP contribution in [0.15, 0.2) is 78.0 Å². The molecule has 0 radical (unpaired) electrons. The quantitative estimate of drug-likeness (QED) is 0.628. The largest absolute Gasteiger partial charge is 0.366 e. The van der Waals surface area contributed by atoms with Crippen LogP contribution in [0.3, 0.4) is 0 Å². The number of hydrogen-bond acceptors (Lipinski definition) is 4. The molecule has 3 heterocycles. The van der Waals surface area contributed by atoms with Gasteiger partial charge in [-0.1, -0.05) is 24.3 Å². The summed E-state index contributed by atoms with van der Waals surface area (Å²) < 4.78 is 3.33. The molecule has 0 bridgehead atoms. The van der Waals surface area contributed by atoms with Gasteiger partial charge in [0.1, 0.15) is 11.5 Å². The van der Waals surface area contributed by atoms with Gasteiger partial charge in [-0.15, -0.1) is 0 Å². The summed E-state index contributed by atoms with van der Waals surface area (Å²) in [5.41, 5.74) is 2.52. The minimum absolute atomic E-state index is 0.108. The molecule has 0 saturated heterocycles. The average Bonchev–Trinajstić information content (AvgIpc) is 3.10. The first-order valence-corrected chi connectivity index (χ1v) is 7.61. The molecule has 118 valence electrons. The third-order valence-electron chi connectivity index (χ3n) is 3.70. The molecule has 24 heavy (non-hydrogen) atoms. The van der Waals surface area contributed by atoms with Gasteiger partial charge in [-0.25, -0.2) is 9.67 Å². The summed E-state index contributed by atoms with van der Waals surface area (Å²) in [6, 6.07) is 16.9. The Balaban J connectivity index is 1.53. The maximum atomic E-state index is 12.1. The van der Waals surface area contributed by atoms with Crippen LogP contribution in [0.1, 0.15) is 5.56 Å². The van der Waals surface area contributed by atoms with E-state index in [2.05, 4.69) is 15.4 Å². The Morgan fingerprint density at radius 1 is 1.04 bits per heavy atom. The zero-order valence-corrected chi connectivity index (χ0v) is 12.8. The van der Waals surface area contributed by atoms with Gasteiger partial charge in [-0.2, -0.15) is 5.10 Å². The Hall–Kier alpha value is -3.41. The van der Waals surface area contributed by atoms with Crippen molar-refractivity contribution in [1.82, 2.24) is 19.2 Å². The summed E-state index contributed by atoms with van der Waals surface area (Å²) >= 11 is 0. The fraction of sp³-hybridized carbons (Fsp3) is 0.0556. The molecule has 1 aromatic carbocycles. The summed E-state index contributed by atoms with van der Waals surface area (Å²) in [5, 5.41) is 7.54. The van der Waals surface area contributed by atoms with Gasteiger partial charge in [0.15, 0.2) is 0 Å². The Labute approximate surface area is 138 Å². The van der Waals surface area contributed by atoms with Crippen molar-refractivity contribution in [3.63, 3.8) is 0 Å². The molecule has 0 atom stereocenters. The van der Waals surface area contributed by atoms with Gasteiger partial charge in [-0.3, -0.25) is 9.20 Å². The average molecular weight is 317 g/mol. The Kier molecular flexibility index (Phi) is 3.55. The van der Waals surface area contributed by atoms with Gasteiger partial charge < -0.3 is 5.32 Å². The van der Waals surface area contributed by atoms with E-state index in [1.54, 1.807) is 24.5 Å². The molecule has 6 nitrogen and oxygen atoms in total. The van der Waals surface area contributed by atoms with Crippen LogP contribution >= 0.6 is 0 Å². The summed E-state index contributed by atoms with van der Waals surface area (Å²) in [7, 11) is 0. The van der Waals surface area contributed by atoms with Crippen LogP contribution in [0.2, 0.25) is 0 Å². The number of benzene rings is 1. The van der Waals surface area contributed by atoms with E-state index in [-0.39, 0.29) is 5.56 Å². The van der Waals surface area contributed by atoms with Gasteiger partial charge >= 0.3 is 0 Å². The fourth-order valence-electron chi connectivity index (χ4n) is 2.51. The van der Waals surface area contributed by atoms with Crippen LogP contribution in [-0.2, 0) is 6.54 Å². The Morgan fingerprint density at radius 2 is 1.88 bits per heavy atom. The van der Waals surface area contributed by atoms with E-state index in [1.165, 1.54) is 10.5 Å². The minimum atomic E-state index is -0.108. The van der Waals surface area contributed by atoms with E-state index in [4.69, 9.17) is 0 Å². The molecule has 0 fully saturated rings. The highest BCUT2D eigenvalue weighted by atomic mass is 16.1. The Bertz CT molecular complexity index is 1040. The SMILES string of the molecule is O=c1cc(NCc2cnn(-c3ccccc3)c2)nc2ccccn12. The lowest BCUT2D eigenvalue weighted by Gasteiger charge is -2.05. The van der Waals surface area contributed by atoms with Crippen molar-refractivity contribution in [3.8, 4) is 5.69 Å². The van der Waals surface area contributed by atoms with Crippen LogP contribution in [0.4, 0.5) is 5.82 Å². The first kappa shape index (κ1) is 14.2. The van der Waals surface area contributed by atoms with Crippen molar-refractivity contribution in [1.29, 1.82) is 0 Å². The third-order valence-corrected chi connectivity index (χ3v) is 3.70. The molecule has 0 aliphatic rings. The van der Waals surface area contributed by atoms with E-state index in [9.17, 15) is 4.79 Å². The number of rotatable bonds is 4. The normalized spacial score (nSPS) is 10.8. The lowest BCUT2D eigenvalue weighted by molar-refractivity contribution is 0.880. The van der Waals surface area contributed by atoms with Gasteiger partial charge in [-0.05, 0) is 24.3 Å². The number of nitrogens with one attached hydrogen (secondary N) is 1. The van der Waals surface area contributed by atoms with Crippen LogP contribution in [-0.4, -0.2) is 19.2 Å². The first-order chi connectivity index (χ1) is 11.8. The number of pyridine rings is 1. The van der Waals surface area contributed by atoms with Crippen molar-refractivity contribution in [3.05, 3.63) is 89.1 Å². The van der Waals surface area contributed by atoms with E-state index < -0.39 is 0 Å². The van der Waals surface area contributed by atoms with Crippen molar-refractivity contribution in [2.75, 3.05) is 5.32 Å². The van der Waals surface area contributed by atoms with Crippen molar-refractivity contribution in [2.24, 2.45) is 0 Å². The van der Waals surface area contributed by atoms with Crippen LogP contribution < -0.4 is 10.9 Å². The second kappa shape index (κ2) is 6.00. The van der Waals surface area contributed by atoms with E-state index in [0.29, 0.717) is 18.0 Å². The molecular weight excluding hydrogens is 302 g/mol. The van der Waals surface area contributed by atoms with E-state index in [0.717, 1.165) is 11.3 Å². The highest BCUT2D eigenvalue weighted by Gasteiger charge is 2.04.